The average Bonchev–Trinajstić information content (AvgIpc) is 2.69. The number of benzene rings is 2. The molecule has 1 aliphatic heterocycles. The van der Waals surface area contributed by atoms with Crippen molar-refractivity contribution in [3.8, 4) is 0 Å². The third-order valence-corrected chi connectivity index (χ3v) is 5.71. The Morgan fingerprint density at radius 1 is 1.11 bits per heavy atom. The zero-order chi connectivity index (χ0) is 20.3. The van der Waals surface area contributed by atoms with Crippen molar-refractivity contribution in [2.24, 2.45) is 0 Å². The van der Waals surface area contributed by atoms with Gasteiger partial charge in [-0.3, -0.25) is 14.5 Å². The van der Waals surface area contributed by atoms with Gasteiger partial charge in [0, 0.05) is 13.1 Å². The van der Waals surface area contributed by atoms with Gasteiger partial charge in [0.15, 0.2) is 0 Å². The molecule has 0 spiro atoms. The number of nitrogens with zero attached hydrogens (tertiary/aromatic N) is 2. The molecule has 0 aliphatic carbocycles. The second kappa shape index (κ2) is 8.95. The van der Waals surface area contributed by atoms with Crippen LogP contribution < -0.4 is 5.32 Å². The van der Waals surface area contributed by atoms with E-state index in [1.165, 1.54) is 11.1 Å². The molecule has 28 heavy (non-hydrogen) atoms. The van der Waals surface area contributed by atoms with Crippen molar-refractivity contribution in [1.29, 1.82) is 0 Å². The average molecular weight is 420 g/mol. The molecule has 0 radical (unpaired) electrons. The minimum atomic E-state index is -0.419. The van der Waals surface area contributed by atoms with Crippen LogP contribution >= 0.6 is 23.2 Å². The van der Waals surface area contributed by atoms with E-state index in [-0.39, 0.29) is 18.4 Å². The van der Waals surface area contributed by atoms with Gasteiger partial charge in [-0.05, 0) is 43.7 Å². The number of fused-ring (bicyclic) bond motifs is 1. The van der Waals surface area contributed by atoms with E-state index >= 15 is 0 Å². The van der Waals surface area contributed by atoms with E-state index in [2.05, 4.69) is 17.4 Å². The van der Waals surface area contributed by atoms with Crippen molar-refractivity contribution in [1.82, 2.24) is 9.80 Å². The van der Waals surface area contributed by atoms with Crippen molar-refractivity contribution in [3.63, 3.8) is 0 Å². The Morgan fingerprint density at radius 2 is 1.75 bits per heavy atom. The summed E-state index contributed by atoms with van der Waals surface area (Å²) in [5, 5.41) is 3.48. The van der Waals surface area contributed by atoms with Crippen LogP contribution in [0.5, 0.6) is 0 Å². The van der Waals surface area contributed by atoms with Crippen molar-refractivity contribution in [2.45, 2.75) is 25.9 Å². The number of nitrogens with one attached hydrogen (secondary N) is 1. The Hall–Kier alpha value is -2.08. The Morgan fingerprint density at radius 3 is 2.43 bits per heavy atom. The summed E-state index contributed by atoms with van der Waals surface area (Å²) in [7, 11) is 1.76. The van der Waals surface area contributed by atoms with E-state index in [9.17, 15) is 9.59 Å². The van der Waals surface area contributed by atoms with Crippen LogP contribution in [0.4, 0.5) is 5.69 Å². The number of likely N-dealkylation sites (N-methyl/N-ethyl adjacent to an activating group) is 1. The molecular weight excluding hydrogens is 397 g/mol. The van der Waals surface area contributed by atoms with Gasteiger partial charge in [-0.25, -0.2) is 0 Å². The maximum Gasteiger partial charge on any atom is 0.239 e. The lowest BCUT2D eigenvalue weighted by Gasteiger charge is -2.33. The van der Waals surface area contributed by atoms with Gasteiger partial charge in [-0.15, -0.1) is 0 Å². The maximum atomic E-state index is 12.9. The van der Waals surface area contributed by atoms with Gasteiger partial charge < -0.3 is 10.2 Å². The number of rotatable bonds is 5. The van der Waals surface area contributed by atoms with Gasteiger partial charge in [0.25, 0.3) is 0 Å². The molecule has 148 valence electrons. The highest BCUT2D eigenvalue weighted by Gasteiger charge is 2.27. The second-order valence-corrected chi connectivity index (χ2v) is 7.83. The van der Waals surface area contributed by atoms with E-state index in [4.69, 9.17) is 23.2 Å². The summed E-state index contributed by atoms with van der Waals surface area (Å²) in [5.41, 5.74) is 2.86. The minimum absolute atomic E-state index is 0.0144. The predicted molar refractivity (Wildman–Crippen MR) is 113 cm³/mol. The highest BCUT2D eigenvalue weighted by atomic mass is 35.5. The summed E-state index contributed by atoms with van der Waals surface area (Å²) < 4.78 is 0. The van der Waals surface area contributed by atoms with Gasteiger partial charge in [-0.1, -0.05) is 53.5 Å². The van der Waals surface area contributed by atoms with Crippen molar-refractivity contribution in [2.75, 3.05) is 25.5 Å². The normalized spacial score (nSPS) is 14.5. The molecule has 1 unspecified atom stereocenters. The van der Waals surface area contributed by atoms with Crippen LogP contribution in [-0.4, -0.2) is 47.8 Å². The van der Waals surface area contributed by atoms with E-state index < -0.39 is 6.04 Å². The quantitative estimate of drug-likeness (QED) is 0.800. The van der Waals surface area contributed by atoms with Crippen LogP contribution in [0.15, 0.2) is 42.5 Å². The molecule has 1 N–H and O–H groups in total. The molecule has 5 nitrogen and oxygen atoms in total. The van der Waals surface area contributed by atoms with Crippen molar-refractivity contribution < 1.29 is 9.59 Å². The molecule has 2 aromatic rings. The number of anilines is 1. The van der Waals surface area contributed by atoms with E-state index in [0.717, 1.165) is 6.42 Å². The zero-order valence-corrected chi connectivity index (χ0v) is 17.4. The zero-order valence-electron chi connectivity index (χ0n) is 15.9. The SMILES string of the molecule is CC(C(=O)N1CCc2ccccc2C1)N(C)CC(=O)Nc1c(Cl)cccc1Cl. The standard InChI is InChI=1S/C21H23Cl2N3O2/c1-14(21(28)26-11-10-15-6-3-4-7-16(15)12-26)25(2)13-19(27)24-20-17(22)8-5-9-18(20)23/h3-9,14H,10-13H2,1-2H3,(H,24,27). The highest BCUT2D eigenvalue weighted by molar-refractivity contribution is 6.39. The molecule has 7 heteroatoms. The topological polar surface area (TPSA) is 52.7 Å². The lowest BCUT2D eigenvalue weighted by atomic mass is 9.99. The number of halogens is 2. The van der Waals surface area contributed by atoms with Crippen LogP contribution in [0, 0.1) is 0 Å². The lowest BCUT2D eigenvalue weighted by Crippen LogP contribution is -2.49. The molecule has 2 aromatic carbocycles. The molecule has 1 atom stereocenters. The number of para-hydroxylation sites is 1. The summed E-state index contributed by atoms with van der Waals surface area (Å²) in [6.45, 7) is 3.17. The Labute approximate surface area is 175 Å². The largest absolute Gasteiger partial charge is 0.337 e. The van der Waals surface area contributed by atoms with Crippen LogP contribution in [-0.2, 0) is 22.6 Å². The molecule has 0 saturated heterocycles. The van der Waals surface area contributed by atoms with Gasteiger partial charge in [0.1, 0.15) is 0 Å². The molecule has 3 rings (SSSR count). The molecule has 0 saturated carbocycles. The summed E-state index contributed by atoms with van der Waals surface area (Å²) in [5.74, 6) is -0.262. The summed E-state index contributed by atoms with van der Waals surface area (Å²) in [4.78, 5) is 28.9. The molecule has 0 bridgehead atoms. The summed E-state index contributed by atoms with van der Waals surface area (Å²) in [6.07, 6.45) is 0.851. The first kappa shape index (κ1) is 20.6. The lowest BCUT2D eigenvalue weighted by molar-refractivity contribution is -0.137. The fourth-order valence-corrected chi connectivity index (χ4v) is 3.79. The van der Waals surface area contributed by atoms with Crippen LogP contribution in [0.25, 0.3) is 0 Å². The monoisotopic (exact) mass is 419 g/mol. The van der Waals surface area contributed by atoms with Gasteiger partial charge >= 0.3 is 0 Å². The molecule has 0 aromatic heterocycles. The fourth-order valence-electron chi connectivity index (χ4n) is 3.30. The van der Waals surface area contributed by atoms with Crippen molar-refractivity contribution >= 4 is 40.7 Å². The summed E-state index contributed by atoms with van der Waals surface area (Å²) in [6, 6.07) is 12.8. The smallest absolute Gasteiger partial charge is 0.239 e. The molecule has 0 fully saturated rings. The molecule has 1 heterocycles. The Balaban J connectivity index is 1.59. The molecule has 1 aliphatic rings. The Kier molecular flexibility index (Phi) is 6.60. The maximum absolute atomic E-state index is 12.9. The molecule has 2 amide bonds. The fraction of sp³-hybridized carbons (Fsp3) is 0.333. The van der Waals surface area contributed by atoms with Crippen LogP contribution in [0.2, 0.25) is 10.0 Å². The predicted octanol–water partition coefficient (Wildman–Crippen LogP) is 3.84. The minimum Gasteiger partial charge on any atom is -0.337 e. The molecular formula is C21H23Cl2N3O2. The first-order valence-corrected chi connectivity index (χ1v) is 9.92. The second-order valence-electron chi connectivity index (χ2n) is 7.01. The van der Waals surface area contributed by atoms with Crippen LogP contribution in [0.3, 0.4) is 0 Å². The third-order valence-electron chi connectivity index (χ3n) is 5.08. The number of hydrogen-bond acceptors (Lipinski definition) is 3. The number of hydrogen-bond donors (Lipinski definition) is 1. The van der Waals surface area contributed by atoms with E-state index in [1.807, 2.05) is 24.0 Å². The Bertz CT molecular complexity index is 867. The summed E-state index contributed by atoms with van der Waals surface area (Å²) >= 11 is 12.2. The number of amides is 2. The first-order valence-electron chi connectivity index (χ1n) is 9.16. The van der Waals surface area contributed by atoms with Crippen LogP contribution in [0.1, 0.15) is 18.1 Å². The van der Waals surface area contributed by atoms with Crippen molar-refractivity contribution in [3.05, 3.63) is 63.6 Å². The van der Waals surface area contributed by atoms with Gasteiger partial charge in [0.05, 0.1) is 28.3 Å². The first-order chi connectivity index (χ1) is 13.4. The van der Waals surface area contributed by atoms with Gasteiger partial charge in [0.2, 0.25) is 11.8 Å². The highest BCUT2D eigenvalue weighted by Crippen LogP contribution is 2.29. The number of carbonyl (C=O) groups excluding carboxylic acids is 2. The third kappa shape index (κ3) is 4.66. The van der Waals surface area contributed by atoms with E-state index in [0.29, 0.717) is 28.8 Å². The van der Waals surface area contributed by atoms with E-state index in [1.54, 1.807) is 30.1 Å². The number of carbonyl (C=O) groups is 2. The van der Waals surface area contributed by atoms with Gasteiger partial charge in [-0.2, -0.15) is 0 Å².